The zero-order valence-electron chi connectivity index (χ0n) is 18.2. The molecular weight excluding hydrogens is 381 g/mol. The number of amides is 3. The van der Waals surface area contributed by atoms with E-state index in [2.05, 4.69) is 35.9 Å². The summed E-state index contributed by atoms with van der Waals surface area (Å²) in [4.78, 5) is 29.8. The van der Waals surface area contributed by atoms with Crippen molar-refractivity contribution >= 4 is 11.9 Å². The predicted octanol–water partition coefficient (Wildman–Crippen LogP) is 3.44. The van der Waals surface area contributed by atoms with Crippen molar-refractivity contribution in [1.29, 1.82) is 0 Å². The van der Waals surface area contributed by atoms with Crippen LogP contribution in [-0.2, 0) is 11.2 Å². The fourth-order valence-electron chi connectivity index (χ4n) is 4.55. The van der Waals surface area contributed by atoms with Crippen LogP contribution < -0.4 is 5.32 Å². The van der Waals surface area contributed by atoms with E-state index in [0.29, 0.717) is 17.9 Å². The van der Waals surface area contributed by atoms with E-state index >= 15 is 0 Å². The predicted molar refractivity (Wildman–Crippen MR) is 115 cm³/mol. The molecule has 30 heavy (non-hydrogen) atoms. The van der Waals surface area contributed by atoms with Crippen LogP contribution in [0.4, 0.5) is 9.18 Å². The Hall–Kier alpha value is -2.39. The van der Waals surface area contributed by atoms with Crippen LogP contribution in [0.15, 0.2) is 24.3 Å². The van der Waals surface area contributed by atoms with Crippen LogP contribution in [0, 0.1) is 29.5 Å². The third-order valence-electron chi connectivity index (χ3n) is 6.30. The molecule has 1 N–H and O–H groups in total. The maximum Gasteiger partial charge on any atom is 0.325 e. The fraction of sp³-hybridized carbons (Fsp3) is 0.583. The SMILES string of the molecule is CC#CCN1C(=O)N[C@](Cc2cccc(F)c2)(C2CCN(CCC(C)C)CC2)C1=O. The Morgan fingerprint density at radius 2 is 2.00 bits per heavy atom. The Kier molecular flexibility index (Phi) is 7.14. The number of nitrogens with zero attached hydrogens (tertiary/aromatic N) is 2. The number of piperidine rings is 1. The molecule has 0 aromatic heterocycles. The molecule has 0 saturated carbocycles. The van der Waals surface area contributed by atoms with Gasteiger partial charge in [0.1, 0.15) is 11.4 Å². The first kappa shape index (κ1) is 22.3. The largest absolute Gasteiger partial charge is 0.325 e. The molecule has 3 amide bonds. The van der Waals surface area contributed by atoms with E-state index in [0.717, 1.165) is 38.9 Å². The monoisotopic (exact) mass is 413 g/mol. The number of carbonyl (C=O) groups is 2. The number of hydrogen-bond acceptors (Lipinski definition) is 3. The van der Waals surface area contributed by atoms with Crippen molar-refractivity contribution in [2.24, 2.45) is 11.8 Å². The summed E-state index contributed by atoms with van der Waals surface area (Å²) in [6.45, 7) is 9.08. The Bertz CT molecular complexity index is 836. The molecule has 0 aliphatic carbocycles. The summed E-state index contributed by atoms with van der Waals surface area (Å²) >= 11 is 0. The van der Waals surface area contributed by atoms with Crippen molar-refractivity contribution < 1.29 is 14.0 Å². The van der Waals surface area contributed by atoms with E-state index in [4.69, 9.17) is 0 Å². The number of nitrogens with one attached hydrogen (secondary N) is 1. The quantitative estimate of drug-likeness (QED) is 0.550. The lowest BCUT2D eigenvalue weighted by Gasteiger charge is -2.41. The second-order valence-corrected chi connectivity index (χ2v) is 8.82. The van der Waals surface area contributed by atoms with Gasteiger partial charge in [-0.05, 0) is 75.4 Å². The van der Waals surface area contributed by atoms with E-state index in [-0.39, 0.29) is 24.2 Å². The molecule has 2 aliphatic heterocycles. The van der Waals surface area contributed by atoms with E-state index in [1.165, 1.54) is 17.0 Å². The molecule has 3 rings (SSSR count). The summed E-state index contributed by atoms with van der Waals surface area (Å²) < 4.78 is 13.8. The van der Waals surface area contributed by atoms with Gasteiger partial charge >= 0.3 is 6.03 Å². The van der Waals surface area contributed by atoms with Crippen molar-refractivity contribution in [3.8, 4) is 11.8 Å². The van der Waals surface area contributed by atoms with Gasteiger partial charge in [0.15, 0.2) is 0 Å². The molecule has 2 heterocycles. The van der Waals surface area contributed by atoms with Crippen molar-refractivity contribution in [3.63, 3.8) is 0 Å². The number of halogens is 1. The summed E-state index contributed by atoms with van der Waals surface area (Å²) in [7, 11) is 0. The molecular formula is C24H32FN3O2. The minimum atomic E-state index is -1.04. The van der Waals surface area contributed by atoms with Crippen molar-refractivity contribution in [1.82, 2.24) is 15.1 Å². The van der Waals surface area contributed by atoms with Crippen molar-refractivity contribution in [3.05, 3.63) is 35.6 Å². The molecule has 0 spiro atoms. The van der Waals surface area contributed by atoms with Crippen LogP contribution in [0.2, 0.25) is 0 Å². The van der Waals surface area contributed by atoms with E-state index < -0.39 is 11.6 Å². The molecule has 5 nitrogen and oxygen atoms in total. The average Bonchev–Trinajstić information content (AvgIpc) is 2.95. The molecule has 6 heteroatoms. The first-order valence-electron chi connectivity index (χ1n) is 10.9. The van der Waals surface area contributed by atoms with Gasteiger partial charge in [0.2, 0.25) is 0 Å². The number of likely N-dealkylation sites (tertiary alicyclic amines) is 1. The minimum Gasteiger partial charge on any atom is -0.322 e. The average molecular weight is 414 g/mol. The highest BCUT2D eigenvalue weighted by molar-refractivity contribution is 6.07. The lowest BCUT2D eigenvalue weighted by atomic mass is 9.74. The van der Waals surface area contributed by atoms with Crippen LogP contribution in [0.5, 0.6) is 0 Å². The first-order chi connectivity index (χ1) is 14.4. The summed E-state index contributed by atoms with van der Waals surface area (Å²) in [5, 5.41) is 3.01. The smallest absolute Gasteiger partial charge is 0.322 e. The van der Waals surface area contributed by atoms with Crippen LogP contribution in [0.3, 0.4) is 0 Å². The molecule has 1 aromatic rings. The Balaban J connectivity index is 1.83. The topological polar surface area (TPSA) is 52.7 Å². The highest BCUT2D eigenvalue weighted by Gasteiger charge is 2.55. The highest BCUT2D eigenvalue weighted by atomic mass is 19.1. The number of carbonyl (C=O) groups excluding carboxylic acids is 2. The van der Waals surface area contributed by atoms with Gasteiger partial charge in [-0.3, -0.25) is 9.69 Å². The lowest BCUT2D eigenvalue weighted by molar-refractivity contribution is -0.133. The van der Waals surface area contributed by atoms with Gasteiger partial charge in [-0.1, -0.05) is 31.9 Å². The first-order valence-corrected chi connectivity index (χ1v) is 10.9. The number of urea groups is 1. The molecule has 1 aromatic carbocycles. The molecule has 2 aliphatic rings. The van der Waals surface area contributed by atoms with Crippen LogP contribution >= 0.6 is 0 Å². The lowest BCUT2D eigenvalue weighted by Crippen LogP contribution is -2.57. The maximum absolute atomic E-state index is 13.8. The molecule has 0 radical (unpaired) electrons. The van der Waals surface area contributed by atoms with E-state index in [1.54, 1.807) is 13.0 Å². The number of hydrogen-bond donors (Lipinski definition) is 1. The zero-order chi connectivity index (χ0) is 21.7. The van der Waals surface area contributed by atoms with Gasteiger partial charge in [0.25, 0.3) is 5.91 Å². The summed E-state index contributed by atoms with van der Waals surface area (Å²) in [6, 6.07) is 5.90. The molecule has 2 saturated heterocycles. The van der Waals surface area contributed by atoms with Gasteiger partial charge in [0, 0.05) is 6.42 Å². The molecule has 0 bridgehead atoms. The Morgan fingerprint density at radius 1 is 1.27 bits per heavy atom. The Morgan fingerprint density at radius 3 is 2.63 bits per heavy atom. The summed E-state index contributed by atoms with van der Waals surface area (Å²) in [6.07, 6.45) is 3.10. The number of rotatable bonds is 7. The van der Waals surface area contributed by atoms with Crippen molar-refractivity contribution in [2.75, 3.05) is 26.2 Å². The number of benzene rings is 1. The van der Waals surface area contributed by atoms with Gasteiger partial charge in [-0.25, -0.2) is 9.18 Å². The maximum atomic E-state index is 13.8. The standard InChI is InChI=1S/C24H32FN3O2/c1-4-5-12-28-22(29)24(26-23(28)30,17-19-7-6-8-21(25)16-19)20-10-14-27(15-11-20)13-9-18(2)3/h6-8,16,18,20H,9-15,17H2,1-3H3,(H,26,30)/t24-/m1/s1. The van der Waals surface area contributed by atoms with Gasteiger partial charge in [-0.15, -0.1) is 5.92 Å². The Labute approximate surface area is 179 Å². The van der Waals surface area contributed by atoms with Gasteiger partial charge < -0.3 is 10.2 Å². The van der Waals surface area contributed by atoms with Crippen LogP contribution in [0.1, 0.15) is 45.6 Å². The third kappa shape index (κ3) is 4.84. The second-order valence-electron chi connectivity index (χ2n) is 8.82. The summed E-state index contributed by atoms with van der Waals surface area (Å²) in [5.41, 5.74) is -0.320. The molecule has 162 valence electrons. The third-order valence-corrected chi connectivity index (χ3v) is 6.30. The van der Waals surface area contributed by atoms with Crippen molar-refractivity contribution in [2.45, 2.75) is 52.0 Å². The van der Waals surface area contributed by atoms with E-state index in [1.807, 2.05) is 6.07 Å². The fourth-order valence-corrected chi connectivity index (χ4v) is 4.55. The second kappa shape index (κ2) is 9.61. The normalized spacial score (nSPS) is 22.9. The molecule has 1 atom stereocenters. The number of imide groups is 1. The van der Waals surface area contributed by atoms with Crippen LogP contribution in [-0.4, -0.2) is 53.5 Å². The van der Waals surface area contributed by atoms with Gasteiger partial charge in [0.05, 0.1) is 6.54 Å². The summed E-state index contributed by atoms with van der Waals surface area (Å²) in [5.74, 6) is 5.67. The highest BCUT2D eigenvalue weighted by Crippen LogP contribution is 2.36. The molecule has 2 fully saturated rings. The minimum absolute atomic E-state index is 0.00658. The van der Waals surface area contributed by atoms with Crippen LogP contribution in [0.25, 0.3) is 0 Å². The zero-order valence-corrected chi connectivity index (χ0v) is 18.2. The van der Waals surface area contributed by atoms with Gasteiger partial charge in [-0.2, -0.15) is 0 Å². The molecule has 0 unspecified atom stereocenters. The van der Waals surface area contributed by atoms with E-state index in [9.17, 15) is 14.0 Å².